The van der Waals surface area contributed by atoms with Crippen LogP contribution in [0, 0.1) is 5.41 Å². The molecular formula is C13H18F2N2O3. The monoisotopic (exact) mass is 288 g/mol. The molecule has 1 rings (SSSR count). The van der Waals surface area contributed by atoms with Crippen LogP contribution in [0.25, 0.3) is 0 Å². The van der Waals surface area contributed by atoms with Gasteiger partial charge in [0.25, 0.3) is 12.3 Å². The van der Waals surface area contributed by atoms with Crippen LogP contribution in [-0.2, 0) is 11.3 Å². The maximum Gasteiger partial charge on any atom is 0.326 e. The minimum absolute atomic E-state index is 0.0146. The van der Waals surface area contributed by atoms with E-state index in [0.29, 0.717) is 0 Å². The van der Waals surface area contributed by atoms with Gasteiger partial charge in [0.15, 0.2) is 0 Å². The van der Waals surface area contributed by atoms with E-state index in [1.54, 1.807) is 20.8 Å². The van der Waals surface area contributed by atoms with E-state index >= 15 is 0 Å². The molecule has 0 radical (unpaired) electrons. The number of amides is 1. The summed E-state index contributed by atoms with van der Waals surface area (Å²) in [4.78, 5) is 23.2. The van der Waals surface area contributed by atoms with Crippen molar-refractivity contribution in [2.75, 3.05) is 0 Å². The van der Waals surface area contributed by atoms with Gasteiger partial charge in [-0.25, -0.2) is 13.6 Å². The lowest BCUT2D eigenvalue weighted by Crippen LogP contribution is -2.49. The van der Waals surface area contributed by atoms with Crippen molar-refractivity contribution in [1.82, 2.24) is 9.88 Å². The molecule has 5 nitrogen and oxygen atoms in total. The molecular weight excluding hydrogens is 270 g/mol. The van der Waals surface area contributed by atoms with Crippen molar-refractivity contribution in [3.8, 4) is 0 Å². The van der Waals surface area contributed by atoms with Gasteiger partial charge in [-0.05, 0) is 17.5 Å². The predicted octanol–water partition coefficient (Wildman–Crippen LogP) is 1.98. The van der Waals surface area contributed by atoms with Gasteiger partial charge in [0.2, 0.25) is 0 Å². The number of aromatic nitrogens is 1. The summed E-state index contributed by atoms with van der Waals surface area (Å²) in [6, 6.07) is 1.73. The Bertz CT molecular complexity index is 492. The fraction of sp³-hybridized carbons (Fsp3) is 0.538. The fourth-order valence-corrected chi connectivity index (χ4v) is 1.78. The van der Waals surface area contributed by atoms with Crippen LogP contribution >= 0.6 is 0 Å². The summed E-state index contributed by atoms with van der Waals surface area (Å²) < 4.78 is 25.8. The van der Waals surface area contributed by atoms with E-state index in [1.807, 2.05) is 0 Å². The maximum atomic E-state index is 12.4. The van der Waals surface area contributed by atoms with Crippen molar-refractivity contribution >= 4 is 11.9 Å². The molecule has 0 aliphatic carbocycles. The number of rotatable bonds is 5. The largest absolute Gasteiger partial charge is 0.480 e. The molecule has 1 unspecified atom stereocenters. The van der Waals surface area contributed by atoms with E-state index in [2.05, 4.69) is 5.32 Å². The summed E-state index contributed by atoms with van der Waals surface area (Å²) in [5, 5.41) is 11.5. The third-order valence-electron chi connectivity index (χ3n) is 2.79. The number of carbonyl (C=O) groups excluding carboxylic acids is 1. The molecule has 0 aromatic carbocycles. The van der Waals surface area contributed by atoms with Gasteiger partial charge in [-0.15, -0.1) is 0 Å². The molecule has 1 amide bonds. The summed E-state index contributed by atoms with van der Waals surface area (Å²) in [6.07, 6.45) is -1.24. The number of carbonyl (C=O) groups is 2. The lowest BCUT2D eigenvalue weighted by atomic mass is 9.86. The van der Waals surface area contributed by atoms with E-state index in [9.17, 15) is 18.4 Å². The van der Waals surface area contributed by atoms with E-state index in [0.717, 1.165) is 4.57 Å². The topological polar surface area (TPSA) is 71.3 Å². The number of halogens is 2. The van der Waals surface area contributed by atoms with Crippen molar-refractivity contribution in [3.63, 3.8) is 0 Å². The van der Waals surface area contributed by atoms with Crippen LogP contribution in [0.2, 0.25) is 0 Å². The number of nitrogens with one attached hydrogen (secondary N) is 1. The zero-order chi connectivity index (χ0) is 15.5. The highest BCUT2D eigenvalue weighted by Crippen LogP contribution is 2.20. The van der Waals surface area contributed by atoms with E-state index in [4.69, 9.17) is 5.11 Å². The van der Waals surface area contributed by atoms with Crippen LogP contribution in [0.3, 0.4) is 0 Å². The zero-order valence-electron chi connectivity index (χ0n) is 11.6. The molecule has 0 spiro atoms. The van der Waals surface area contributed by atoms with Gasteiger partial charge in [-0.3, -0.25) is 4.79 Å². The second-order valence-corrected chi connectivity index (χ2v) is 5.55. The maximum absolute atomic E-state index is 12.4. The first kappa shape index (κ1) is 16.1. The number of hydrogen-bond donors (Lipinski definition) is 2. The van der Waals surface area contributed by atoms with Crippen molar-refractivity contribution < 1.29 is 23.5 Å². The van der Waals surface area contributed by atoms with Crippen LogP contribution in [0.4, 0.5) is 8.78 Å². The van der Waals surface area contributed by atoms with Gasteiger partial charge < -0.3 is 15.0 Å². The molecule has 0 saturated carbocycles. The Morgan fingerprint density at radius 3 is 2.45 bits per heavy atom. The van der Waals surface area contributed by atoms with Gasteiger partial charge in [0.05, 0.1) is 6.54 Å². The van der Waals surface area contributed by atoms with Gasteiger partial charge in [-0.2, -0.15) is 0 Å². The molecule has 0 bridgehead atoms. The molecule has 1 aromatic heterocycles. The molecule has 20 heavy (non-hydrogen) atoms. The van der Waals surface area contributed by atoms with Crippen molar-refractivity contribution in [2.45, 2.75) is 39.8 Å². The van der Waals surface area contributed by atoms with E-state index in [1.165, 1.54) is 18.3 Å². The Balaban J connectivity index is 2.90. The Labute approximate surface area is 115 Å². The molecule has 0 fully saturated rings. The summed E-state index contributed by atoms with van der Waals surface area (Å²) in [6.45, 7) is 4.40. The van der Waals surface area contributed by atoms with Gasteiger partial charge >= 0.3 is 5.97 Å². The summed E-state index contributed by atoms with van der Waals surface area (Å²) >= 11 is 0. The van der Waals surface area contributed by atoms with Crippen LogP contribution in [0.1, 0.15) is 31.3 Å². The number of aliphatic carboxylic acids is 1. The molecule has 112 valence electrons. The fourth-order valence-electron chi connectivity index (χ4n) is 1.78. The summed E-state index contributed by atoms with van der Waals surface area (Å²) in [5.41, 5.74) is -0.678. The number of hydrogen-bond acceptors (Lipinski definition) is 2. The van der Waals surface area contributed by atoms with Crippen LogP contribution in [0.5, 0.6) is 0 Å². The molecule has 2 N–H and O–H groups in total. The van der Waals surface area contributed by atoms with Crippen LogP contribution in [0.15, 0.2) is 18.3 Å². The molecule has 1 aromatic rings. The summed E-state index contributed by atoms with van der Waals surface area (Å²) in [5.74, 6) is -1.85. The first-order valence-electron chi connectivity index (χ1n) is 6.10. The second-order valence-electron chi connectivity index (χ2n) is 5.55. The number of alkyl halides is 2. The van der Waals surface area contributed by atoms with E-state index in [-0.39, 0.29) is 5.69 Å². The van der Waals surface area contributed by atoms with Gasteiger partial charge in [0.1, 0.15) is 11.7 Å². The third-order valence-corrected chi connectivity index (χ3v) is 2.79. The average Bonchev–Trinajstić information content (AvgIpc) is 2.70. The first-order valence-corrected chi connectivity index (χ1v) is 6.10. The quantitative estimate of drug-likeness (QED) is 0.870. The van der Waals surface area contributed by atoms with E-state index < -0.39 is 36.3 Å². The number of carboxylic acids is 1. The molecule has 7 heteroatoms. The second kappa shape index (κ2) is 6.02. The molecule has 1 atom stereocenters. The Hall–Kier alpha value is -1.92. The highest BCUT2D eigenvalue weighted by molar-refractivity contribution is 5.95. The Kier molecular flexibility index (Phi) is 4.86. The highest BCUT2D eigenvalue weighted by atomic mass is 19.3. The van der Waals surface area contributed by atoms with Crippen molar-refractivity contribution in [3.05, 3.63) is 24.0 Å². The number of nitrogens with zero attached hydrogens (tertiary/aromatic N) is 1. The normalized spacial score (nSPS) is 13.3. The van der Waals surface area contributed by atoms with Gasteiger partial charge in [-0.1, -0.05) is 20.8 Å². The lowest BCUT2D eigenvalue weighted by Gasteiger charge is -2.27. The van der Waals surface area contributed by atoms with Gasteiger partial charge in [0, 0.05) is 6.20 Å². The van der Waals surface area contributed by atoms with Crippen LogP contribution < -0.4 is 5.32 Å². The summed E-state index contributed by atoms with van der Waals surface area (Å²) in [7, 11) is 0. The molecule has 0 saturated heterocycles. The first-order chi connectivity index (χ1) is 9.12. The zero-order valence-corrected chi connectivity index (χ0v) is 11.6. The Morgan fingerprint density at radius 2 is 2.00 bits per heavy atom. The standard InChI is InChI=1S/C13H18F2N2O3/c1-13(2,3)10(12(19)20)16-11(18)8-5-4-6-17(8)7-9(14)15/h4-6,9-10H,7H2,1-3H3,(H,16,18)(H,19,20). The third kappa shape index (κ3) is 4.04. The predicted molar refractivity (Wildman–Crippen MR) is 68.8 cm³/mol. The SMILES string of the molecule is CC(C)(C)C(NC(=O)c1cccn1CC(F)F)C(=O)O. The molecule has 0 aliphatic heterocycles. The molecule has 1 heterocycles. The highest BCUT2D eigenvalue weighted by Gasteiger charge is 2.33. The van der Waals surface area contributed by atoms with Crippen LogP contribution in [-0.4, -0.2) is 34.0 Å². The van der Waals surface area contributed by atoms with Crippen molar-refractivity contribution in [1.29, 1.82) is 0 Å². The smallest absolute Gasteiger partial charge is 0.326 e. The van der Waals surface area contributed by atoms with Crippen molar-refractivity contribution in [2.24, 2.45) is 5.41 Å². The minimum atomic E-state index is -2.59. The Morgan fingerprint density at radius 1 is 1.40 bits per heavy atom. The average molecular weight is 288 g/mol. The number of carboxylic acid groups (broad SMARTS) is 1. The molecule has 0 aliphatic rings. The lowest BCUT2D eigenvalue weighted by molar-refractivity contribution is -0.142. The minimum Gasteiger partial charge on any atom is -0.480 e.